The summed E-state index contributed by atoms with van der Waals surface area (Å²) in [6.45, 7) is 3.03. The van der Waals surface area contributed by atoms with Crippen molar-refractivity contribution in [2.24, 2.45) is 0 Å². The first-order valence-electron chi connectivity index (χ1n) is 8.85. The fourth-order valence-corrected chi connectivity index (χ4v) is 2.66. The molecule has 0 saturated carbocycles. The van der Waals surface area contributed by atoms with Crippen molar-refractivity contribution in [2.75, 3.05) is 17.2 Å². The lowest BCUT2D eigenvalue weighted by Crippen LogP contribution is -2.27. The molecule has 1 heterocycles. The zero-order valence-corrected chi connectivity index (χ0v) is 16.2. The average molecular weight is 395 g/mol. The molecular weight excluding hydrogens is 374 g/mol. The van der Waals surface area contributed by atoms with E-state index < -0.39 is 0 Å². The van der Waals surface area contributed by atoms with Crippen LogP contribution in [0.2, 0.25) is 0 Å². The Bertz CT molecular complexity index is 907. The Morgan fingerprint density at radius 2 is 1.68 bits per heavy atom. The Labute approximate surface area is 168 Å². The second-order valence-electron chi connectivity index (χ2n) is 5.88. The number of hydrogen-bond acceptors (Lipinski definition) is 4. The number of nitrogens with one attached hydrogen (secondary N) is 3. The monoisotopic (exact) mass is 395 g/mol. The van der Waals surface area contributed by atoms with E-state index in [0.717, 1.165) is 17.2 Å². The summed E-state index contributed by atoms with van der Waals surface area (Å²) < 4.78 is 10.6. The Balaban J connectivity index is 1.51. The predicted molar refractivity (Wildman–Crippen MR) is 114 cm³/mol. The molecule has 2 aromatic carbocycles. The van der Waals surface area contributed by atoms with Crippen LogP contribution in [0.25, 0.3) is 0 Å². The molecule has 1 aromatic heterocycles. The molecule has 3 rings (SSSR count). The summed E-state index contributed by atoms with van der Waals surface area (Å²) >= 11 is 5.26. The number of benzene rings is 2. The third kappa shape index (κ3) is 5.59. The van der Waals surface area contributed by atoms with Gasteiger partial charge in [0.1, 0.15) is 11.5 Å². The molecule has 3 N–H and O–H groups in total. The van der Waals surface area contributed by atoms with Gasteiger partial charge in [-0.2, -0.15) is 0 Å². The summed E-state index contributed by atoms with van der Waals surface area (Å²) in [5, 5.41) is 9.46. The van der Waals surface area contributed by atoms with Gasteiger partial charge in [-0.05, 0) is 79.8 Å². The number of furan rings is 1. The van der Waals surface area contributed by atoms with E-state index in [1.807, 2.05) is 43.3 Å². The van der Waals surface area contributed by atoms with Crippen LogP contribution in [0.15, 0.2) is 71.3 Å². The molecule has 28 heavy (non-hydrogen) atoms. The number of ether oxygens (including phenoxy) is 1. The van der Waals surface area contributed by atoms with Crippen LogP contribution in [-0.4, -0.2) is 17.6 Å². The van der Waals surface area contributed by atoms with Crippen LogP contribution in [0.1, 0.15) is 23.0 Å². The van der Waals surface area contributed by atoms with Gasteiger partial charge in [0.2, 0.25) is 0 Å². The van der Waals surface area contributed by atoms with E-state index in [0.29, 0.717) is 29.5 Å². The van der Waals surface area contributed by atoms with Gasteiger partial charge in [0.05, 0.1) is 19.4 Å². The standard InChI is InChI=1S/C21H21N3O3S/c1-2-26-18-11-9-16(10-12-18)23-20(25)15-5-7-17(8-6-15)24-21(28)22-14-19-4-3-13-27-19/h3-13H,2,14H2,1H3,(H,23,25)(H2,22,24,28). The van der Waals surface area contributed by atoms with Gasteiger partial charge in [-0.15, -0.1) is 0 Å². The first-order chi connectivity index (χ1) is 13.6. The van der Waals surface area contributed by atoms with Crippen LogP contribution in [0.3, 0.4) is 0 Å². The minimum absolute atomic E-state index is 0.186. The van der Waals surface area contributed by atoms with Crippen molar-refractivity contribution in [3.63, 3.8) is 0 Å². The number of anilines is 2. The molecule has 0 aliphatic heterocycles. The summed E-state index contributed by atoms with van der Waals surface area (Å²) in [7, 11) is 0. The molecule has 144 valence electrons. The highest BCUT2D eigenvalue weighted by Gasteiger charge is 2.07. The molecule has 0 saturated heterocycles. The number of amides is 1. The Kier molecular flexibility index (Phi) is 6.64. The van der Waals surface area contributed by atoms with Gasteiger partial charge in [0.15, 0.2) is 5.11 Å². The molecule has 3 aromatic rings. The van der Waals surface area contributed by atoms with Crippen LogP contribution in [0.5, 0.6) is 5.75 Å². The zero-order chi connectivity index (χ0) is 19.8. The SMILES string of the molecule is CCOc1ccc(NC(=O)c2ccc(NC(=S)NCc3ccco3)cc2)cc1. The van der Waals surface area contributed by atoms with Crippen LogP contribution in [0, 0.1) is 0 Å². The smallest absolute Gasteiger partial charge is 0.255 e. The molecule has 0 atom stereocenters. The lowest BCUT2D eigenvalue weighted by molar-refractivity contribution is 0.102. The fourth-order valence-electron chi connectivity index (χ4n) is 2.47. The van der Waals surface area contributed by atoms with Crippen molar-refractivity contribution in [1.82, 2.24) is 5.32 Å². The van der Waals surface area contributed by atoms with E-state index in [1.165, 1.54) is 0 Å². The minimum atomic E-state index is -0.186. The van der Waals surface area contributed by atoms with E-state index in [-0.39, 0.29) is 5.91 Å². The van der Waals surface area contributed by atoms with Crippen LogP contribution < -0.4 is 20.7 Å². The molecule has 7 heteroatoms. The topological polar surface area (TPSA) is 75.5 Å². The molecule has 0 unspecified atom stereocenters. The lowest BCUT2D eigenvalue weighted by atomic mass is 10.2. The minimum Gasteiger partial charge on any atom is -0.494 e. The normalized spacial score (nSPS) is 10.2. The van der Waals surface area contributed by atoms with Crippen LogP contribution in [-0.2, 0) is 6.54 Å². The van der Waals surface area contributed by atoms with Gasteiger partial charge < -0.3 is 25.1 Å². The summed E-state index contributed by atoms with van der Waals surface area (Å²) in [6.07, 6.45) is 1.62. The molecule has 0 aliphatic rings. The molecule has 0 bridgehead atoms. The van der Waals surface area contributed by atoms with Gasteiger partial charge >= 0.3 is 0 Å². The maximum atomic E-state index is 12.4. The van der Waals surface area contributed by atoms with E-state index in [1.54, 1.807) is 30.5 Å². The fraction of sp³-hybridized carbons (Fsp3) is 0.143. The molecule has 0 spiro atoms. The Morgan fingerprint density at radius 3 is 2.32 bits per heavy atom. The Morgan fingerprint density at radius 1 is 1.00 bits per heavy atom. The summed E-state index contributed by atoms with van der Waals surface area (Å²) in [5.41, 5.74) is 2.04. The van der Waals surface area contributed by atoms with Crippen molar-refractivity contribution in [2.45, 2.75) is 13.5 Å². The average Bonchev–Trinajstić information content (AvgIpc) is 3.22. The van der Waals surface area contributed by atoms with Crippen molar-refractivity contribution in [1.29, 1.82) is 0 Å². The predicted octanol–water partition coefficient (Wildman–Crippen LogP) is 4.42. The first kappa shape index (κ1) is 19.4. The number of hydrogen-bond donors (Lipinski definition) is 3. The van der Waals surface area contributed by atoms with E-state index in [4.69, 9.17) is 21.4 Å². The van der Waals surface area contributed by atoms with E-state index in [2.05, 4.69) is 16.0 Å². The highest BCUT2D eigenvalue weighted by molar-refractivity contribution is 7.80. The molecule has 6 nitrogen and oxygen atoms in total. The quantitative estimate of drug-likeness (QED) is 0.514. The number of rotatable bonds is 7. The summed E-state index contributed by atoms with van der Waals surface area (Å²) in [5.74, 6) is 1.38. The van der Waals surface area contributed by atoms with Crippen molar-refractivity contribution in [3.05, 3.63) is 78.3 Å². The maximum absolute atomic E-state index is 12.4. The number of thiocarbonyl (C=S) groups is 1. The van der Waals surface area contributed by atoms with E-state index in [9.17, 15) is 4.79 Å². The van der Waals surface area contributed by atoms with Crippen molar-refractivity contribution in [3.8, 4) is 5.75 Å². The molecule has 0 fully saturated rings. The van der Waals surface area contributed by atoms with Crippen molar-refractivity contribution < 1.29 is 13.9 Å². The maximum Gasteiger partial charge on any atom is 0.255 e. The second kappa shape index (κ2) is 9.57. The van der Waals surface area contributed by atoms with Gasteiger partial charge in [0, 0.05) is 16.9 Å². The van der Waals surface area contributed by atoms with Gasteiger partial charge in [-0.3, -0.25) is 4.79 Å². The summed E-state index contributed by atoms with van der Waals surface area (Å²) in [4.78, 5) is 12.4. The first-order valence-corrected chi connectivity index (χ1v) is 9.26. The van der Waals surface area contributed by atoms with Crippen LogP contribution in [0.4, 0.5) is 11.4 Å². The Hall–Kier alpha value is -3.32. The number of carbonyl (C=O) groups is 1. The van der Waals surface area contributed by atoms with Gasteiger partial charge in [-0.25, -0.2) is 0 Å². The number of carbonyl (C=O) groups excluding carboxylic acids is 1. The highest BCUT2D eigenvalue weighted by atomic mass is 32.1. The molecule has 0 radical (unpaired) electrons. The summed E-state index contributed by atoms with van der Waals surface area (Å²) in [6, 6.07) is 18.0. The third-order valence-electron chi connectivity index (χ3n) is 3.83. The highest BCUT2D eigenvalue weighted by Crippen LogP contribution is 2.17. The second-order valence-corrected chi connectivity index (χ2v) is 6.28. The molecular formula is C21H21N3O3S. The third-order valence-corrected chi connectivity index (χ3v) is 4.08. The van der Waals surface area contributed by atoms with Crippen LogP contribution >= 0.6 is 12.2 Å². The zero-order valence-electron chi connectivity index (χ0n) is 15.4. The van der Waals surface area contributed by atoms with Crippen molar-refractivity contribution >= 4 is 34.6 Å². The van der Waals surface area contributed by atoms with Gasteiger partial charge in [0.25, 0.3) is 5.91 Å². The van der Waals surface area contributed by atoms with E-state index >= 15 is 0 Å². The lowest BCUT2D eigenvalue weighted by Gasteiger charge is -2.10. The largest absolute Gasteiger partial charge is 0.494 e. The molecule has 0 aliphatic carbocycles. The molecule has 1 amide bonds. The van der Waals surface area contributed by atoms with Gasteiger partial charge in [-0.1, -0.05) is 0 Å².